The highest BCUT2D eigenvalue weighted by Crippen LogP contribution is 2.18. The van der Waals surface area contributed by atoms with Crippen LogP contribution in [0.15, 0.2) is 35.6 Å². The second-order valence-electron chi connectivity index (χ2n) is 4.78. The van der Waals surface area contributed by atoms with Crippen molar-refractivity contribution in [3.8, 4) is 0 Å². The second-order valence-corrected chi connectivity index (χ2v) is 4.78. The lowest BCUT2D eigenvalue weighted by Crippen LogP contribution is -2.30. The van der Waals surface area contributed by atoms with Crippen molar-refractivity contribution in [3.63, 3.8) is 0 Å². The number of hydrogen-bond donors (Lipinski definition) is 1. The maximum atomic E-state index is 12.8. The summed E-state index contributed by atoms with van der Waals surface area (Å²) in [6.07, 6.45) is 0. The van der Waals surface area contributed by atoms with E-state index >= 15 is 0 Å². The highest BCUT2D eigenvalue weighted by molar-refractivity contribution is 6.06. The Bertz CT molecular complexity index is 581. The van der Waals surface area contributed by atoms with Crippen LogP contribution in [0.3, 0.4) is 0 Å². The maximum absolute atomic E-state index is 12.8. The van der Waals surface area contributed by atoms with Crippen molar-refractivity contribution in [2.24, 2.45) is 0 Å². The minimum atomic E-state index is -0.552. The van der Waals surface area contributed by atoms with Gasteiger partial charge in [0.2, 0.25) is 0 Å². The van der Waals surface area contributed by atoms with Crippen LogP contribution in [-0.4, -0.2) is 47.4 Å². The average Bonchev–Trinajstić information content (AvgIpc) is 2.68. The molecule has 1 aliphatic heterocycles. The van der Waals surface area contributed by atoms with E-state index in [9.17, 15) is 19.1 Å². The highest BCUT2D eigenvalue weighted by atomic mass is 19.1. The first-order valence-electron chi connectivity index (χ1n) is 6.07. The Labute approximate surface area is 115 Å². The molecule has 0 unspecified atom stereocenters. The first kappa shape index (κ1) is 14.0. The van der Waals surface area contributed by atoms with Gasteiger partial charge in [-0.15, -0.1) is 0 Å². The summed E-state index contributed by atoms with van der Waals surface area (Å²) in [6.45, 7) is 0.366. The van der Waals surface area contributed by atoms with Gasteiger partial charge in [0, 0.05) is 20.6 Å². The Balaban J connectivity index is 2.10. The summed E-state index contributed by atoms with van der Waals surface area (Å²) in [5.74, 6) is -1.80. The molecule has 0 saturated heterocycles. The first-order valence-corrected chi connectivity index (χ1v) is 6.07. The molecule has 0 spiro atoms. The molecule has 0 atom stereocenters. The number of benzene rings is 1. The van der Waals surface area contributed by atoms with Gasteiger partial charge >= 0.3 is 0 Å². The molecule has 1 N–H and O–H groups in total. The van der Waals surface area contributed by atoms with E-state index in [4.69, 9.17) is 0 Å². The van der Waals surface area contributed by atoms with Crippen LogP contribution in [0.25, 0.3) is 0 Å². The third-order valence-corrected chi connectivity index (χ3v) is 3.17. The third-order valence-electron chi connectivity index (χ3n) is 3.17. The largest absolute Gasteiger partial charge is 0.503 e. The molecule has 1 aromatic rings. The van der Waals surface area contributed by atoms with Crippen LogP contribution < -0.4 is 0 Å². The Morgan fingerprint density at radius 1 is 1.40 bits per heavy atom. The number of rotatable bonds is 3. The first-order chi connectivity index (χ1) is 9.40. The van der Waals surface area contributed by atoms with Crippen molar-refractivity contribution in [2.45, 2.75) is 6.54 Å². The predicted molar refractivity (Wildman–Crippen MR) is 70.2 cm³/mol. The van der Waals surface area contributed by atoms with Crippen LogP contribution in [0.5, 0.6) is 0 Å². The number of aliphatic hydroxyl groups is 1. The molecule has 1 aromatic carbocycles. The lowest BCUT2D eigenvalue weighted by molar-refractivity contribution is -0.127. The van der Waals surface area contributed by atoms with Gasteiger partial charge < -0.3 is 14.9 Å². The SMILES string of the molecule is CN1CC(C(=O)N(C)Cc2ccc(F)cc2)=C(O)C1=O. The maximum Gasteiger partial charge on any atom is 0.289 e. The van der Waals surface area contributed by atoms with Crippen molar-refractivity contribution in [2.75, 3.05) is 20.6 Å². The standard InChI is InChI=1S/C14H15FN2O3/c1-16(7-9-3-5-10(15)6-4-9)13(19)11-8-17(2)14(20)12(11)18/h3-6,18H,7-8H2,1-2H3. The fourth-order valence-electron chi connectivity index (χ4n) is 2.03. The molecule has 0 bridgehead atoms. The zero-order valence-electron chi connectivity index (χ0n) is 11.3. The molecule has 0 fully saturated rings. The van der Waals surface area contributed by atoms with Gasteiger partial charge in [-0.2, -0.15) is 0 Å². The van der Waals surface area contributed by atoms with Gasteiger partial charge in [0.1, 0.15) is 5.82 Å². The Hall–Kier alpha value is -2.37. The van der Waals surface area contributed by atoms with Gasteiger partial charge in [-0.05, 0) is 17.7 Å². The number of carbonyl (C=O) groups excluding carboxylic acids is 2. The lowest BCUT2D eigenvalue weighted by atomic mass is 10.2. The van der Waals surface area contributed by atoms with Crippen LogP contribution in [0.1, 0.15) is 5.56 Å². The molecule has 2 rings (SSSR count). The molecule has 20 heavy (non-hydrogen) atoms. The molecular weight excluding hydrogens is 263 g/mol. The summed E-state index contributed by atoms with van der Waals surface area (Å²) in [4.78, 5) is 26.3. The number of aliphatic hydroxyl groups excluding tert-OH is 1. The number of likely N-dealkylation sites (N-methyl/N-ethyl adjacent to an activating group) is 2. The van der Waals surface area contributed by atoms with E-state index in [0.717, 1.165) is 5.56 Å². The van der Waals surface area contributed by atoms with Crippen molar-refractivity contribution in [3.05, 3.63) is 47.0 Å². The van der Waals surface area contributed by atoms with Crippen LogP contribution in [-0.2, 0) is 16.1 Å². The lowest BCUT2D eigenvalue weighted by Gasteiger charge is -2.18. The summed E-state index contributed by atoms with van der Waals surface area (Å²) < 4.78 is 12.8. The number of amides is 2. The van der Waals surface area contributed by atoms with Gasteiger partial charge in [-0.3, -0.25) is 9.59 Å². The molecular formula is C14H15FN2O3. The fourth-order valence-corrected chi connectivity index (χ4v) is 2.03. The quantitative estimate of drug-likeness (QED) is 0.899. The number of nitrogens with zero attached hydrogens (tertiary/aromatic N) is 2. The van der Waals surface area contributed by atoms with Gasteiger partial charge in [0.15, 0.2) is 5.76 Å². The van der Waals surface area contributed by atoms with E-state index in [2.05, 4.69) is 0 Å². The molecule has 0 aliphatic carbocycles. The smallest absolute Gasteiger partial charge is 0.289 e. The van der Waals surface area contributed by atoms with Crippen molar-refractivity contribution < 1.29 is 19.1 Å². The number of hydrogen-bond acceptors (Lipinski definition) is 3. The summed E-state index contributed by atoms with van der Waals surface area (Å²) >= 11 is 0. The van der Waals surface area contributed by atoms with E-state index in [0.29, 0.717) is 0 Å². The minimum Gasteiger partial charge on any atom is -0.503 e. The van der Waals surface area contributed by atoms with Gasteiger partial charge in [-0.25, -0.2) is 4.39 Å². The molecule has 0 aromatic heterocycles. The van der Waals surface area contributed by atoms with Crippen LogP contribution in [0.4, 0.5) is 4.39 Å². The second kappa shape index (κ2) is 5.32. The van der Waals surface area contributed by atoms with Crippen LogP contribution in [0, 0.1) is 5.82 Å². The van der Waals surface area contributed by atoms with E-state index < -0.39 is 17.6 Å². The summed E-state index contributed by atoms with van der Waals surface area (Å²) in [5, 5.41) is 9.64. The molecule has 2 amide bonds. The molecule has 1 aliphatic rings. The Morgan fingerprint density at radius 2 is 2.00 bits per heavy atom. The van der Waals surface area contributed by atoms with Crippen molar-refractivity contribution in [1.29, 1.82) is 0 Å². The van der Waals surface area contributed by atoms with Gasteiger partial charge in [0.05, 0.1) is 12.1 Å². The van der Waals surface area contributed by atoms with Crippen LogP contribution >= 0.6 is 0 Å². The van der Waals surface area contributed by atoms with Gasteiger partial charge in [0.25, 0.3) is 11.8 Å². The molecule has 0 saturated carbocycles. The minimum absolute atomic E-state index is 0.0853. The topological polar surface area (TPSA) is 60.9 Å². The van der Waals surface area contributed by atoms with E-state index in [-0.39, 0.29) is 24.5 Å². The van der Waals surface area contributed by atoms with E-state index in [1.54, 1.807) is 19.2 Å². The molecule has 6 heteroatoms. The number of carbonyl (C=O) groups is 2. The third kappa shape index (κ3) is 2.64. The van der Waals surface area contributed by atoms with E-state index in [1.165, 1.54) is 29.0 Å². The monoisotopic (exact) mass is 278 g/mol. The Kier molecular flexibility index (Phi) is 3.74. The Morgan fingerprint density at radius 3 is 2.50 bits per heavy atom. The molecule has 0 radical (unpaired) electrons. The average molecular weight is 278 g/mol. The fraction of sp³-hybridized carbons (Fsp3) is 0.286. The highest BCUT2D eigenvalue weighted by Gasteiger charge is 2.32. The molecule has 5 nitrogen and oxygen atoms in total. The molecule has 106 valence electrons. The van der Waals surface area contributed by atoms with Crippen molar-refractivity contribution in [1.82, 2.24) is 9.80 Å². The van der Waals surface area contributed by atoms with Crippen molar-refractivity contribution >= 4 is 11.8 Å². The summed E-state index contributed by atoms with van der Waals surface area (Å²) in [5.41, 5.74) is 0.849. The summed E-state index contributed by atoms with van der Waals surface area (Å²) in [7, 11) is 3.08. The van der Waals surface area contributed by atoms with Crippen LogP contribution in [0.2, 0.25) is 0 Å². The van der Waals surface area contributed by atoms with E-state index in [1.807, 2.05) is 0 Å². The zero-order chi connectivity index (χ0) is 14.9. The zero-order valence-corrected chi connectivity index (χ0v) is 11.3. The molecule has 1 heterocycles. The summed E-state index contributed by atoms with van der Waals surface area (Å²) in [6, 6.07) is 5.80. The normalized spacial score (nSPS) is 14.9. The predicted octanol–water partition coefficient (Wildman–Crippen LogP) is 1.07. The van der Waals surface area contributed by atoms with Gasteiger partial charge in [-0.1, -0.05) is 12.1 Å². The number of halogens is 1.